The molecular formula is C16H16Br2N2O3S. The van der Waals surface area contributed by atoms with Crippen molar-refractivity contribution in [2.45, 2.75) is 6.92 Å². The van der Waals surface area contributed by atoms with Gasteiger partial charge in [-0.25, -0.2) is 8.42 Å². The Bertz CT molecular complexity index is 869. The van der Waals surface area contributed by atoms with E-state index in [1.165, 1.54) is 0 Å². The largest absolute Gasteiger partial charge is 0.323 e. The van der Waals surface area contributed by atoms with Crippen LogP contribution in [-0.4, -0.2) is 27.1 Å². The van der Waals surface area contributed by atoms with Crippen molar-refractivity contribution in [3.05, 3.63) is 57.0 Å². The number of carbonyl (C=O) groups excluding carboxylic acids is 1. The summed E-state index contributed by atoms with van der Waals surface area (Å²) in [6.07, 6.45) is 1.08. The Morgan fingerprint density at radius 2 is 1.79 bits per heavy atom. The fraction of sp³-hybridized carbons (Fsp3) is 0.188. The fourth-order valence-corrected chi connectivity index (χ4v) is 3.55. The summed E-state index contributed by atoms with van der Waals surface area (Å²) in [5.74, 6) is -0.423. The van der Waals surface area contributed by atoms with Gasteiger partial charge < -0.3 is 5.32 Å². The zero-order valence-corrected chi connectivity index (χ0v) is 17.1. The molecule has 0 aliphatic heterocycles. The summed E-state index contributed by atoms with van der Waals surface area (Å²) < 4.78 is 26.9. The van der Waals surface area contributed by atoms with Gasteiger partial charge in [0.05, 0.1) is 17.6 Å². The van der Waals surface area contributed by atoms with Crippen molar-refractivity contribution in [3.8, 4) is 0 Å². The molecule has 0 saturated carbocycles. The highest BCUT2D eigenvalue weighted by molar-refractivity contribution is 9.10. The highest BCUT2D eigenvalue weighted by atomic mass is 79.9. The van der Waals surface area contributed by atoms with Gasteiger partial charge >= 0.3 is 0 Å². The maximum absolute atomic E-state index is 12.3. The molecule has 1 amide bonds. The second-order valence-electron chi connectivity index (χ2n) is 5.23. The van der Waals surface area contributed by atoms with Crippen LogP contribution in [0, 0.1) is 6.92 Å². The lowest BCUT2D eigenvalue weighted by Gasteiger charge is -2.22. The average molecular weight is 476 g/mol. The maximum Gasteiger partial charge on any atom is 0.245 e. The topological polar surface area (TPSA) is 66.5 Å². The fourth-order valence-electron chi connectivity index (χ4n) is 2.07. The van der Waals surface area contributed by atoms with Gasteiger partial charge in [-0.1, -0.05) is 28.1 Å². The molecule has 0 aliphatic carbocycles. The molecular weight excluding hydrogens is 460 g/mol. The van der Waals surface area contributed by atoms with Crippen molar-refractivity contribution < 1.29 is 13.2 Å². The first kappa shape index (κ1) is 19.0. The van der Waals surface area contributed by atoms with Gasteiger partial charge in [0.25, 0.3) is 0 Å². The summed E-state index contributed by atoms with van der Waals surface area (Å²) in [6.45, 7) is 1.55. The molecule has 128 valence electrons. The number of nitrogens with zero attached hydrogens (tertiary/aromatic N) is 1. The highest BCUT2D eigenvalue weighted by Crippen LogP contribution is 2.25. The van der Waals surface area contributed by atoms with Crippen molar-refractivity contribution in [1.82, 2.24) is 0 Å². The molecule has 0 atom stereocenters. The molecule has 0 fully saturated rings. The van der Waals surface area contributed by atoms with Crippen LogP contribution in [0.25, 0.3) is 0 Å². The first-order valence-corrected chi connectivity index (χ1v) is 10.4. The minimum Gasteiger partial charge on any atom is -0.323 e. The zero-order chi connectivity index (χ0) is 17.9. The first-order chi connectivity index (χ1) is 11.2. The number of sulfonamides is 1. The lowest BCUT2D eigenvalue weighted by atomic mass is 10.2. The van der Waals surface area contributed by atoms with E-state index in [1.807, 2.05) is 13.0 Å². The molecule has 2 rings (SSSR count). The molecule has 0 heterocycles. The number of hydrogen-bond donors (Lipinski definition) is 1. The van der Waals surface area contributed by atoms with E-state index in [2.05, 4.69) is 37.2 Å². The zero-order valence-electron chi connectivity index (χ0n) is 13.1. The number of aryl methyl sites for hydroxylation is 1. The third-order valence-electron chi connectivity index (χ3n) is 3.27. The van der Waals surface area contributed by atoms with Crippen molar-refractivity contribution in [1.29, 1.82) is 0 Å². The second-order valence-corrected chi connectivity index (χ2v) is 8.85. The molecule has 2 aromatic carbocycles. The number of anilines is 2. The smallest absolute Gasteiger partial charge is 0.245 e. The molecule has 0 saturated heterocycles. The summed E-state index contributed by atoms with van der Waals surface area (Å²) in [5.41, 5.74) is 1.91. The van der Waals surface area contributed by atoms with Crippen LogP contribution in [0.3, 0.4) is 0 Å². The normalized spacial score (nSPS) is 11.2. The van der Waals surface area contributed by atoms with Crippen molar-refractivity contribution in [2.24, 2.45) is 0 Å². The third kappa shape index (κ3) is 4.81. The van der Waals surface area contributed by atoms with Gasteiger partial charge in [0, 0.05) is 8.95 Å². The number of halogens is 2. The summed E-state index contributed by atoms with van der Waals surface area (Å²) in [5, 5.41) is 2.71. The van der Waals surface area contributed by atoms with Gasteiger partial charge in [-0.2, -0.15) is 0 Å². The van der Waals surface area contributed by atoms with E-state index in [4.69, 9.17) is 0 Å². The standard InChI is InChI=1S/C16H16Br2N2O3S/c1-11-9-12(7-8-13(11)17)20(24(2,22)23)10-16(21)19-15-6-4-3-5-14(15)18/h3-9H,10H2,1-2H3,(H,19,21). The summed E-state index contributed by atoms with van der Waals surface area (Å²) in [7, 11) is -3.60. The molecule has 0 aliphatic rings. The summed E-state index contributed by atoms with van der Waals surface area (Å²) >= 11 is 6.72. The van der Waals surface area contributed by atoms with Gasteiger partial charge in [-0.3, -0.25) is 9.10 Å². The Hall–Kier alpha value is -1.38. The van der Waals surface area contributed by atoms with Gasteiger partial charge in [0.15, 0.2) is 0 Å². The van der Waals surface area contributed by atoms with Gasteiger partial charge in [-0.05, 0) is 58.7 Å². The minimum atomic E-state index is -3.60. The SMILES string of the molecule is Cc1cc(N(CC(=O)Nc2ccccc2Br)S(C)(=O)=O)ccc1Br. The van der Waals surface area contributed by atoms with Crippen LogP contribution in [0.5, 0.6) is 0 Å². The number of carbonyl (C=O) groups is 1. The molecule has 24 heavy (non-hydrogen) atoms. The molecule has 0 aromatic heterocycles. The van der Waals surface area contributed by atoms with Gasteiger partial charge in [0.2, 0.25) is 15.9 Å². The maximum atomic E-state index is 12.3. The van der Waals surface area contributed by atoms with E-state index >= 15 is 0 Å². The molecule has 0 radical (unpaired) electrons. The molecule has 0 bridgehead atoms. The van der Waals surface area contributed by atoms with E-state index in [9.17, 15) is 13.2 Å². The van der Waals surface area contributed by atoms with E-state index in [1.54, 1.807) is 36.4 Å². The van der Waals surface area contributed by atoms with Crippen LogP contribution in [0.15, 0.2) is 51.4 Å². The van der Waals surface area contributed by atoms with Crippen LogP contribution in [0.4, 0.5) is 11.4 Å². The number of rotatable bonds is 5. The molecule has 0 spiro atoms. The minimum absolute atomic E-state index is 0.304. The number of hydrogen-bond acceptors (Lipinski definition) is 3. The monoisotopic (exact) mass is 474 g/mol. The predicted molar refractivity (Wildman–Crippen MR) is 104 cm³/mol. The lowest BCUT2D eigenvalue weighted by molar-refractivity contribution is -0.114. The van der Waals surface area contributed by atoms with E-state index in [0.29, 0.717) is 11.4 Å². The Morgan fingerprint density at radius 3 is 2.38 bits per heavy atom. The Balaban J connectivity index is 2.25. The van der Waals surface area contributed by atoms with E-state index < -0.39 is 15.9 Å². The Kier molecular flexibility index (Phi) is 6.06. The Labute approximate surface area is 158 Å². The average Bonchev–Trinajstić information content (AvgIpc) is 2.49. The third-order valence-corrected chi connectivity index (χ3v) is 5.99. The predicted octanol–water partition coefficient (Wildman–Crippen LogP) is 3.92. The van der Waals surface area contributed by atoms with Crippen LogP contribution in [0.1, 0.15) is 5.56 Å². The summed E-state index contributed by atoms with van der Waals surface area (Å²) in [6, 6.07) is 12.3. The van der Waals surface area contributed by atoms with Crippen molar-refractivity contribution in [2.75, 3.05) is 22.4 Å². The van der Waals surface area contributed by atoms with Crippen molar-refractivity contribution in [3.63, 3.8) is 0 Å². The number of nitrogens with one attached hydrogen (secondary N) is 1. The van der Waals surface area contributed by atoms with Crippen LogP contribution in [0.2, 0.25) is 0 Å². The van der Waals surface area contributed by atoms with E-state index in [0.717, 1.165) is 25.1 Å². The van der Waals surface area contributed by atoms with Crippen LogP contribution >= 0.6 is 31.9 Å². The summed E-state index contributed by atoms with van der Waals surface area (Å²) in [4.78, 5) is 12.3. The molecule has 2 aromatic rings. The quantitative estimate of drug-likeness (QED) is 0.712. The molecule has 5 nitrogen and oxygen atoms in total. The Morgan fingerprint density at radius 1 is 1.12 bits per heavy atom. The van der Waals surface area contributed by atoms with Gasteiger partial charge in [0.1, 0.15) is 6.54 Å². The van der Waals surface area contributed by atoms with Crippen LogP contribution in [-0.2, 0) is 14.8 Å². The number of benzene rings is 2. The number of para-hydroxylation sites is 1. The number of amides is 1. The molecule has 8 heteroatoms. The van der Waals surface area contributed by atoms with E-state index in [-0.39, 0.29) is 6.54 Å². The van der Waals surface area contributed by atoms with Crippen molar-refractivity contribution >= 4 is 59.2 Å². The van der Waals surface area contributed by atoms with Gasteiger partial charge in [-0.15, -0.1) is 0 Å². The lowest BCUT2D eigenvalue weighted by Crippen LogP contribution is -2.37. The second kappa shape index (κ2) is 7.67. The molecule has 0 unspecified atom stereocenters. The molecule has 1 N–H and O–H groups in total. The first-order valence-electron chi connectivity index (χ1n) is 6.97. The highest BCUT2D eigenvalue weighted by Gasteiger charge is 2.21. The van der Waals surface area contributed by atoms with Crippen LogP contribution < -0.4 is 9.62 Å².